The van der Waals surface area contributed by atoms with Crippen LogP contribution in [0.4, 0.5) is 5.69 Å². The number of hydrogen-bond acceptors (Lipinski definition) is 2. The molecule has 2 fully saturated rings. The molecule has 1 aliphatic carbocycles. The van der Waals surface area contributed by atoms with E-state index >= 15 is 0 Å². The van der Waals surface area contributed by atoms with E-state index in [-0.39, 0.29) is 24.3 Å². The van der Waals surface area contributed by atoms with Gasteiger partial charge in [0.05, 0.1) is 6.42 Å². The predicted molar refractivity (Wildman–Crippen MR) is 123 cm³/mol. The lowest BCUT2D eigenvalue weighted by Gasteiger charge is -2.51. The fourth-order valence-corrected chi connectivity index (χ4v) is 4.96. The van der Waals surface area contributed by atoms with Crippen LogP contribution < -0.4 is 10.2 Å². The first-order valence-corrected chi connectivity index (χ1v) is 11.7. The number of benzene rings is 2. The van der Waals surface area contributed by atoms with Crippen molar-refractivity contribution in [3.05, 3.63) is 64.1 Å². The largest absolute Gasteiger partial charge is 0.351 e. The van der Waals surface area contributed by atoms with Crippen molar-refractivity contribution < 1.29 is 9.59 Å². The molecule has 4 rings (SSSR count). The first-order chi connectivity index (χ1) is 14.4. The Hall–Kier alpha value is -2.14. The third kappa shape index (κ3) is 3.80. The van der Waals surface area contributed by atoms with Crippen LogP contribution in [0.1, 0.15) is 69.4 Å². The molecule has 1 unspecified atom stereocenters. The Kier molecular flexibility index (Phi) is 6.01. The van der Waals surface area contributed by atoms with E-state index in [2.05, 4.69) is 47.2 Å². The lowest BCUT2D eigenvalue weighted by Crippen LogP contribution is -2.69. The van der Waals surface area contributed by atoms with Crippen LogP contribution in [0.5, 0.6) is 0 Å². The number of carbonyl (C=O) groups is 2. The van der Waals surface area contributed by atoms with Gasteiger partial charge in [-0.2, -0.15) is 0 Å². The molecule has 158 valence electrons. The summed E-state index contributed by atoms with van der Waals surface area (Å²) in [6.45, 7) is 4.31. The molecule has 1 N–H and O–H groups in total. The highest BCUT2D eigenvalue weighted by molar-refractivity contribution is 9.10. The van der Waals surface area contributed by atoms with Gasteiger partial charge in [-0.15, -0.1) is 0 Å². The van der Waals surface area contributed by atoms with Crippen molar-refractivity contribution in [2.24, 2.45) is 0 Å². The first-order valence-electron chi connectivity index (χ1n) is 10.9. The second-order valence-electron chi connectivity index (χ2n) is 8.83. The van der Waals surface area contributed by atoms with E-state index in [0.717, 1.165) is 41.4 Å². The highest BCUT2D eigenvalue weighted by Crippen LogP contribution is 2.46. The Morgan fingerprint density at radius 2 is 1.67 bits per heavy atom. The van der Waals surface area contributed by atoms with E-state index in [9.17, 15) is 9.59 Å². The molecule has 5 heteroatoms. The quantitative estimate of drug-likeness (QED) is 0.575. The molecule has 0 spiro atoms. The van der Waals surface area contributed by atoms with Crippen molar-refractivity contribution in [3.8, 4) is 0 Å². The summed E-state index contributed by atoms with van der Waals surface area (Å²) in [5.41, 5.74) is 1.86. The van der Waals surface area contributed by atoms with Gasteiger partial charge in [-0.05, 0) is 54.2 Å². The maximum absolute atomic E-state index is 13.7. The highest BCUT2D eigenvalue weighted by atomic mass is 79.9. The van der Waals surface area contributed by atoms with E-state index < -0.39 is 5.54 Å². The summed E-state index contributed by atoms with van der Waals surface area (Å²) in [7, 11) is 0. The molecule has 1 aliphatic heterocycles. The minimum atomic E-state index is -0.988. The number of nitrogens with zero attached hydrogens (tertiary/aromatic N) is 1. The van der Waals surface area contributed by atoms with Crippen LogP contribution in [0.3, 0.4) is 0 Å². The third-order valence-corrected chi connectivity index (χ3v) is 7.02. The summed E-state index contributed by atoms with van der Waals surface area (Å²) in [4.78, 5) is 28.2. The van der Waals surface area contributed by atoms with E-state index in [1.807, 2.05) is 36.4 Å². The maximum atomic E-state index is 13.7. The Labute approximate surface area is 187 Å². The van der Waals surface area contributed by atoms with Crippen molar-refractivity contribution in [1.29, 1.82) is 0 Å². The SMILES string of the molecule is CC(C)c1ccc(C2(C(=O)NC3CCCCC3)CC(=O)N2c2ccc(Br)cc2)cc1. The zero-order chi connectivity index (χ0) is 21.3. The number of anilines is 1. The monoisotopic (exact) mass is 468 g/mol. The summed E-state index contributed by atoms with van der Waals surface area (Å²) in [5, 5.41) is 3.29. The van der Waals surface area contributed by atoms with Gasteiger partial charge in [0.15, 0.2) is 5.54 Å². The second kappa shape index (κ2) is 8.54. The predicted octanol–water partition coefficient (Wildman–Crippen LogP) is 5.65. The molecule has 1 saturated carbocycles. The van der Waals surface area contributed by atoms with Gasteiger partial charge >= 0.3 is 0 Å². The zero-order valence-corrected chi connectivity index (χ0v) is 19.2. The van der Waals surface area contributed by atoms with Crippen LogP contribution in [0.2, 0.25) is 0 Å². The van der Waals surface area contributed by atoms with Crippen molar-refractivity contribution in [2.75, 3.05) is 4.90 Å². The molecule has 0 radical (unpaired) electrons. The Bertz CT molecular complexity index is 917. The highest BCUT2D eigenvalue weighted by Gasteiger charge is 2.58. The van der Waals surface area contributed by atoms with Crippen molar-refractivity contribution >= 4 is 33.4 Å². The average molecular weight is 469 g/mol. The normalized spacial score (nSPS) is 22.1. The number of hydrogen-bond donors (Lipinski definition) is 1. The molecule has 2 amide bonds. The summed E-state index contributed by atoms with van der Waals surface area (Å²) >= 11 is 3.46. The van der Waals surface area contributed by atoms with E-state index in [1.54, 1.807) is 4.90 Å². The lowest BCUT2D eigenvalue weighted by molar-refractivity contribution is -0.141. The van der Waals surface area contributed by atoms with Crippen molar-refractivity contribution in [3.63, 3.8) is 0 Å². The number of rotatable bonds is 5. The van der Waals surface area contributed by atoms with Crippen LogP contribution in [-0.4, -0.2) is 17.9 Å². The van der Waals surface area contributed by atoms with Gasteiger partial charge in [0, 0.05) is 16.2 Å². The average Bonchev–Trinajstić information content (AvgIpc) is 2.74. The molecule has 1 atom stereocenters. The molecule has 1 heterocycles. The molecule has 2 aromatic carbocycles. The number of amides is 2. The summed E-state index contributed by atoms with van der Waals surface area (Å²) < 4.78 is 0.942. The van der Waals surface area contributed by atoms with Gasteiger partial charge in [0.2, 0.25) is 5.91 Å². The molecule has 0 bridgehead atoms. The van der Waals surface area contributed by atoms with Crippen LogP contribution in [0, 0.1) is 0 Å². The molecular weight excluding hydrogens is 440 g/mol. The Balaban J connectivity index is 1.73. The maximum Gasteiger partial charge on any atom is 0.251 e. The van der Waals surface area contributed by atoms with Crippen molar-refractivity contribution in [2.45, 2.75) is 69.9 Å². The van der Waals surface area contributed by atoms with Gasteiger partial charge in [-0.1, -0.05) is 73.3 Å². The third-order valence-electron chi connectivity index (χ3n) is 6.49. The van der Waals surface area contributed by atoms with E-state index in [0.29, 0.717) is 5.92 Å². The van der Waals surface area contributed by atoms with Gasteiger partial charge in [-0.3, -0.25) is 14.5 Å². The molecule has 0 aromatic heterocycles. The number of β-lactam (4-membered cyclic amide) rings is 1. The number of nitrogens with one attached hydrogen (secondary N) is 1. The molecular formula is C25H29BrN2O2. The van der Waals surface area contributed by atoms with Crippen LogP contribution >= 0.6 is 15.9 Å². The molecule has 4 nitrogen and oxygen atoms in total. The molecule has 1 saturated heterocycles. The topological polar surface area (TPSA) is 49.4 Å². The van der Waals surface area contributed by atoms with Crippen molar-refractivity contribution in [1.82, 2.24) is 5.32 Å². The summed E-state index contributed by atoms with van der Waals surface area (Å²) in [5.74, 6) is 0.329. The standard InChI is InChI=1S/C25H29BrN2O2/c1-17(2)18-8-10-19(11-9-18)25(24(30)27-21-6-4-3-5-7-21)16-23(29)28(25)22-14-12-20(26)13-15-22/h8-15,17,21H,3-7,16H2,1-2H3,(H,27,30). The molecule has 30 heavy (non-hydrogen) atoms. The van der Waals surface area contributed by atoms with Gasteiger partial charge < -0.3 is 5.32 Å². The van der Waals surface area contributed by atoms with Crippen LogP contribution in [0.25, 0.3) is 0 Å². The van der Waals surface area contributed by atoms with E-state index in [4.69, 9.17) is 0 Å². The minimum Gasteiger partial charge on any atom is -0.351 e. The molecule has 2 aliphatic rings. The van der Waals surface area contributed by atoms with Gasteiger partial charge in [0.1, 0.15) is 0 Å². The summed E-state index contributed by atoms with van der Waals surface area (Å²) in [6, 6.07) is 16.0. The number of carbonyl (C=O) groups excluding carboxylic acids is 2. The van der Waals surface area contributed by atoms with Crippen LogP contribution in [0.15, 0.2) is 53.0 Å². The lowest BCUT2D eigenvalue weighted by atomic mass is 9.75. The van der Waals surface area contributed by atoms with Gasteiger partial charge in [-0.25, -0.2) is 0 Å². The fourth-order valence-electron chi connectivity index (χ4n) is 4.69. The smallest absolute Gasteiger partial charge is 0.251 e. The second-order valence-corrected chi connectivity index (χ2v) is 9.74. The minimum absolute atomic E-state index is 0.0240. The zero-order valence-electron chi connectivity index (χ0n) is 17.7. The van der Waals surface area contributed by atoms with Gasteiger partial charge in [0.25, 0.3) is 5.91 Å². The van der Waals surface area contributed by atoms with E-state index in [1.165, 1.54) is 12.0 Å². The number of halogens is 1. The Morgan fingerprint density at radius 3 is 2.23 bits per heavy atom. The van der Waals surface area contributed by atoms with Crippen LogP contribution in [-0.2, 0) is 15.1 Å². The fraction of sp³-hybridized carbons (Fsp3) is 0.440. The summed E-state index contributed by atoms with van der Waals surface area (Å²) in [6.07, 6.45) is 5.76. The first kappa shape index (κ1) is 21.1. The molecule has 2 aromatic rings. The Morgan fingerprint density at radius 1 is 1.03 bits per heavy atom.